The van der Waals surface area contributed by atoms with E-state index >= 15 is 0 Å². The number of aromatic nitrogens is 3. The van der Waals surface area contributed by atoms with E-state index in [-0.39, 0.29) is 6.61 Å². The van der Waals surface area contributed by atoms with Crippen molar-refractivity contribution in [3.63, 3.8) is 0 Å². The fourth-order valence-corrected chi connectivity index (χ4v) is 3.83. The summed E-state index contributed by atoms with van der Waals surface area (Å²) in [5.41, 5.74) is 1.52. The van der Waals surface area contributed by atoms with Gasteiger partial charge in [0.05, 0.1) is 31.1 Å². The van der Waals surface area contributed by atoms with Gasteiger partial charge < -0.3 is 18.3 Å². The van der Waals surface area contributed by atoms with E-state index in [0.29, 0.717) is 36.7 Å². The maximum atomic E-state index is 11.7. The highest BCUT2D eigenvalue weighted by Crippen LogP contribution is 2.50. The summed E-state index contributed by atoms with van der Waals surface area (Å²) in [6, 6.07) is 1.74. The third kappa shape index (κ3) is 4.81. The molecule has 0 amide bonds. The summed E-state index contributed by atoms with van der Waals surface area (Å²) in [7, 11) is 0. The van der Waals surface area contributed by atoms with Gasteiger partial charge in [-0.1, -0.05) is 0 Å². The minimum absolute atomic E-state index is 0.134. The second kappa shape index (κ2) is 8.64. The van der Waals surface area contributed by atoms with E-state index in [0.717, 1.165) is 0 Å². The minimum Gasteiger partial charge on any atom is -0.462 e. The lowest BCUT2D eigenvalue weighted by molar-refractivity contribution is 0.0525. The first-order valence-corrected chi connectivity index (χ1v) is 10.1. The van der Waals surface area contributed by atoms with Gasteiger partial charge in [-0.05, 0) is 32.6 Å². The molecule has 0 fully saturated rings. The summed E-state index contributed by atoms with van der Waals surface area (Å²) in [6.45, 7) is 3.88. The standard InChI is InChI=1S/C14H20N3O5PS/c1-4-19-14(18)11-8-15-13-7-12(16-17(13)9-11)10-22-23(24,20-5-2)21-6-3/h7-9H,4-6,10H2,1-3H3. The molecule has 10 heteroatoms. The molecule has 0 aliphatic rings. The van der Waals surface area contributed by atoms with Crippen LogP contribution in [0.4, 0.5) is 0 Å². The first-order chi connectivity index (χ1) is 11.5. The SMILES string of the molecule is CCOC(=O)c1cnc2cc(COP(=S)(OCC)OCC)nn2c1. The van der Waals surface area contributed by atoms with Gasteiger partial charge in [-0.2, -0.15) is 5.10 Å². The second-order valence-electron chi connectivity index (χ2n) is 4.56. The van der Waals surface area contributed by atoms with Gasteiger partial charge in [0.1, 0.15) is 6.61 Å². The quantitative estimate of drug-likeness (QED) is 0.490. The Balaban J connectivity index is 2.13. The van der Waals surface area contributed by atoms with Crippen LogP contribution in [0.2, 0.25) is 0 Å². The number of nitrogens with zero attached hydrogens (tertiary/aromatic N) is 3. The van der Waals surface area contributed by atoms with Crippen LogP contribution >= 0.6 is 6.72 Å². The van der Waals surface area contributed by atoms with Crippen LogP contribution < -0.4 is 0 Å². The van der Waals surface area contributed by atoms with Crippen molar-refractivity contribution in [2.24, 2.45) is 0 Å². The Morgan fingerprint density at radius 2 is 1.92 bits per heavy atom. The normalized spacial score (nSPS) is 11.8. The molecule has 24 heavy (non-hydrogen) atoms. The van der Waals surface area contributed by atoms with Crippen molar-refractivity contribution in [2.45, 2.75) is 27.4 Å². The van der Waals surface area contributed by atoms with E-state index in [2.05, 4.69) is 10.1 Å². The molecule has 2 aromatic heterocycles. The first-order valence-electron chi connectivity index (χ1n) is 7.56. The van der Waals surface area contributed by atoms with Gasteiger partial charge >= 0.3 is 12.7 Å². The van der Waals surface area contributed by atoms with E-state index < -0.39 is 12.7 Å². The Bertz CT molecular complexity index is 741. The van der Waals surface area contributed by atoms with E-state index in [1.807, 2.05) is 13.8 Å². The zero-order valence-electron chi connectivity index (χ0n) is 13.8. The molecule has 0 saturated heterocycles. The Labute approximate surface area is 145 Å². The van der Waals surface area contributed by atoms with Gasteiger partial charge in [0, 0.05) is 18.5 Å². The van der Waals surface area contributed by atoms with E-state index in [1.165, 1.54) is 10.7 Å². The number of hydrogen-bond acceptors (Lipinski definition) is 8. The summed E-state index contributed by atoms with van der Waals surface area (Å²) in [5.74, 6) is -0.441. The van der Waals surface area contributed by atoms with Crippen LogP contribution in [0, 0.1) is 0 Å². The van der Waals surface area contributed by atoms with Gasteiger partial charge in [0.25, 0.3) is 0 Å². The Morgan fingerprint density at radius 3 is 2.54 bits per heavy atom. The predicted octanol–water partition coefficient (Wildman–Crippen LogP) is 2.72. The maximum Gasteiger partial charge on any atom is 0.341 e. The average molecular weight is 373 g/mol. The maximum absolute atomic E-state index is 11.7. The van der Waals surface area contributed by atoms with E-state index in [4.69, 9.17) is 30.1 Å². The third-order valence-electron chi connectivity index (χ3n) is 2.82. The second-order valence-corrected chi connectivity index (χ2v) is 7.57. The highest BCUT2D eigenvalue weighted by molar-refractivity contribution is 8.07. The predicted molar refractivity (Wildman–Crippen MR) is 91.3 cm³/mol. The number of rotatable bonds is 9. The van der Waals surface area contributed by atoms with Crippen LogP contribution in [0.3, 0.4) is 0 Å². The lowest BCUT2D eigenvalue weighted by atomic mass is 10.3. The van der Waals surface area contributed by atoms with Crippen molar-refractivity contribution < 1.29 is 23.1 Å². The van der Waals surface area contributed by atoms with Crippen LogP contribution in [0.5, 0.6) is 0 Å². The number of ether oxygens (including phenoxy) is 1. The van der Waals surface area contributed by atoms with Crippen molar-refractivity contribution in [1.29, 1.82) is 0 Å². The van der Waals surface area contributed by atoms with Crippen LogP contribution in [-0.2, 0) is 36.7 Å². The molecular weight excluding hydrogens is 353 g/mol. The smallest absolute Gasteiger partial charge is 0.341 e. The zero-order valence-corrected chi connectivity index (χ0v) is 15.5. The molecule has 0 saturated carbocycles. The number of esters is 1. The molecule has 0 bridgehead atoms. The topological polar surface area (TPSA) is 84.2 Å². The number of carbonyl (C=O) groups excluding carboxylic acids is 1. The van der Waals surface area contributed by atoms with Gasteiger partial charge in [-0.3, -0.25) is 0 Å². The van der Waals surface area contributed by atoms with Gasteiger partial charge in [0.2, 0.25) is 0 Å². The molecule has 0 N–H and O–H groups in total. The van der Waals surface area contributed by atoms with Crippen molar-refractivity contribution in [3.8, 4) is 0 Å². The van der Waals surface area contributed by atoms with Crippen molar-refractivity contribution in [2.75, 3.05) is 19.8 Å². The van der Waals surface area contributed by atoms with Crippen molar-refractivity contribution >= 4 is 30.1 Å². The molecule has 0 spiro atoms. The highest BCUT2D eigenvalue weighted by atomic mass is 32.5. The fourth-order valence-electron chi connectivity index (χ4n) is 1.89. The summed E-state index contributed by atoms with van der Waals surface area (Å²) < 4.78 is 22.9. The lowest BCUT2D eigenvalue weighted by Gasteiger charge is -2.19. The molecule has 0 radical (unpaired) electrons. The Hall–Kier alpha value is -1.38. The van der Waals surface area contributed by atoms with Gasteiger partial charge in [-0.25, -0.2) is 14.3 Å². The zero-order chi connectivity index (χ0) is 17.6. The minimum atomic E-state index is -2.77. The molecule has 2 aromatic rings. The summed E-state index contributed by atoms with van der Waals surface area (Å²) in [6.07, 6.45) is 3.01. The molecule has 132 valence electrons. The van der Waals surface area contributed by atoms with Crippen LogP contribution in [-0.4, -0.2) is 40.4 Å². The van der Waals surface area contributed by atoms with Crippen molar-refractivity contribution in [3.05, 3.63) is 29.7 Å². The van der Waals surface area contributed by atoms with Gasteiger partial charge in [0.15, 0.2) is 5.65 Å². The van der Waals surface area contributed by atoms with E-state index in [1.54, 1.807) is 19.2 Å². The molecule has 8 nitrogen and oxygen atoms in total. The highest BCUT2D eigenvalue weighted by Gasteiger charge is 2.20. The molecule has 0 aliphatic carbocycles. The number of fused-ring (bicyclic) bond motifs is 1. The molecule has 0 atom stereocenters. The molecule has 2 rings (SSSR count). The van der Waals surface area contributed by atoms with Crippen LogP contribution in [0.1, 0.15) is 36.8 Å². The molecule has 0 aromatic carbocycles. The molecular formula is C14H20N3O5PS. The van der Waals surface area contributed by atoms with Gasteiger partial charge in [-0.15, -0.1) is 0 Å². The first kappa shape index (κ1) is 19.0. The summed E-state index contributed by atoms with van der Waals surface area (Å²) >= 11 is 5.30. The largest absolute Gasteiger partial charge is 0.462 e. The monoisotopic (exact) mass is 373 g/mol. The van der Waals surface area contributed by atoms with Crippen LogP contribution in [0.25, 0.3) is 5.65 Å². The molecule has 0 unspecified atom stereocenters. The summed E-state index contributed by atoms with van der Waals surface area (Å²) in [4.78, 5) is 15.9. The molecule has 0 aliphatic heterocycles. The van der Waals surface area contributed by atoms with Crippen LogP contribution in [0.15, 0.2) is 18.5 Å². The van der Waals surface area contributed by atoms with E-state index in [9.17, 15) is 4.79 Å². The third-order valence-corrected chi connectivity index (χ3v) is 5.36. The number of hydrogen-bond donors (Lipinski definition) is 0. The average Bonchev–Trinajstić information content (AvgIpc) is 2.96. The lowest BCUT2D eigenvalue weighted by Crippen LogP contribution is -2.07. The Kier molecular flexibility index (Phi) is 6.82. The summed E-state index contributed by atoms with van der Waals surface area (Å²) in [5, 5.41) is 4.32. The molecule has 2 heterocycles. The Morgan fingerprint density at radius 1 is 1.21 bits per heavy atom. The van der Waals surface area contributed by atoms with Crippen molar-refractivity contribution in [1.82, 2.24) is 14.6 Å². The fraction of sp³-hybridized carbons (Fsp3) is 0.500. The number of carbonyl (C=O) groups is 1.